The summed E-state index contributed by atoms with van der Waals surface area (Å²) < 4.78 is 5.50. The first-order valence-electron chi connectivity index (χ1n) is 10.7. The number of para-hydroxylation sites is 3. The van der Waals surface area contributed by atoms with Crippen LogP contribution in [-0.4, -0.2) is 45.2 Å². The van der Waals surface area contributed by atoms with Crippen LogP contribution in [0.25, 0.3) is 0 Å². The van der Waals surface area contributed by atoms with E-state index >= 15 is 0 Å². The van der Waals surface area contributed by atoms with Gasteiger partial charge < -0.3 is 19.9 Å². The lowest BCUT2D eigenvalue weighted by molar-refractivity contribution is -0.120. The highest BCUT2D eigenvalue weighted by Crippen LogP contribution is 2.30. The summed E-state index contributed by atoms with van der Waals surface area (Å²) in [5.74, 6) is 1.05. The standard InChI is InChI=1S/C24H31N3O2/c1-29-23-12-5-4-11-22(23)26-16-13-20(14-17-26)25-24(28)18-27-15-7-6-9-19-8-2-3-10-21(19)27/h2-5,8,10-12,20H,6-7,9,13-18H2,1H3,(H,25,28). The molecule has 2 aromatic carbocycles. The number of carbonyl (C=O) groups is 1. The lowest BCUT2D eigenvalue weighted by Gasteiger charge is -2.35. The number of anilines is 2. The molecule has 154 valence electrons. The van der Waals surface area contributed by atoms with Gasteiger partial charge in [0, 0.05) is 31.4 Å². The second-order valence-electron chi connectivity index (χ2n) is 8.01. The van der Waals surface area contributed by atoms with E-state index in [9.17, 15) is 4.79 Å². The first-order valence-corrected chi connectivity index (χ1v) is 10.7. The Hall–Kier alpha value is -2.69. The molecule has 0 aromatic heterocycles. The number of piperidine rings is 1. The number of fused-ring (bicyclic) bond motifs is 1. The highest BCUT2D eigenvalue weighted by atomic mass is 16.5. The zero-order chi connectivity index (χ0) is 20.1. The molecule has 0 bridgehead atoms. The van der Waals surface area contributed by atoms with Crippen molar-refractivity contribution in [2.45, 2.75) is 38.1 Å². The number of aryl methyl sites for hydroxylation is 1. The zero-order valence-electron chi connectivity index (χ0n) is 17.3. The van der Waals surface area contributed by atoms with Crippen molar-refractivity contribution in [3.63, 3.8) is 0 Å². The van der Waals surface area contributed by atoms with Gasteiger partial charge in [-0.2, -0.15) is 0 Å². The summed E-state index contributed by atoms with van der Waals surface area (Å²) in [4.78, 5) is 17.4. The van der Waals surface area contributed by atoms with Crippen LogP contribution in [0, 0.1) is 0 Å². The van der Waals surface area contributed by atoms with E-state index in [1.165, 1.54) is 17.7 Å². The van der Waals surface area contributed by atoms with Crippen LogP contribution >= 0.6 is 0 Å². The summed E-state index contributed by atoms with van der Waals surface area (Å²) in [6, 6.07) is 16.9. The molecule has 1 N–H and O–H groups in total. The van der Waals surface area contributed by atoms with Crippen molar-refractivity contribution < 1.29 is 9.53 Å². The van der Waals surface area contributed by atoms with Gasteiger partial charge in [0.2, 0.25) is 5.91 Å². The minimum Gasteiger partial charge on any atom is -0.495 e. The van der Waals surface area contributed by atoms with Gasteiger partial charge in [-0.3, -0.25) is 4.79 Å². The molecule has 0 radical (unpaired) electrons. The Morgan fingerprint density at radius 3 is 2.52 bits per heavy atom. The number of benzene rings is 2. The van der Waals surface area contributed by atoms with Crippen molar-refractivity contribution >= 4 is 17.3 Å². The maximum absolute atomic E-state index is 12.8. The van der Waals surface area contributed by atoms with Crippen molar-refractivity contribution in [2.75, 3.05) is 43.1 Å². The highest BCUT2D eigenvalue weighted by Gasteiger charge is 2.24. The van der Waals surface area contributed by atoms with Crippen LogP contribution < -0.4 is 19.9 Å². The first-order chi connectivity index (χ1) is 14.2. The maximum atomic E-state index is 12.8. The molecule has 5 nitrogen and oxygen atoms in total. The molecule has 1 amide bonds. The molecule has 4 rings (SSSR count). The largest absolute Gasteiger partial charge is 0.495 e. The van der Waals surface area contributed by atoms with Crippen molar-refractivity contribution in [2.24, 2.45) is 0 Å². The molecule has 0 saturated carbocycles. The first kappa shape index (κ1) is 19.6. The highest BCUT2D eigenvalue weighted by molar-refractivity contribution is 5.82. The third-order valence-electron chi connectivity index (χ3n) is 6.08. The zero-order valence-corrected chi connectivity index (χ0v) is 17.3. The van der Waals surface area contributed by atoms with Crippen LogP contribution in [0.5, 0.6) is 5.75 Å². The van der Waals surface area contributed by atoms with Crippen molar-refractivity contribution in [3.05, 3.63) is 54.1 Å². The fourth-order valence-electron chi connectivity index (χ4n) is 4.54. The third kappa shape index (κ3) is 4.66. The number of ether oxygens (including phenoxy) is 1. The molecular formula is C24H31N3O2. The summed E-state index contributed by atoms with van der Waals surface area (Å²) in [5, 5.41) is 3.28. The van der Waals surface area contributed by atoms with Crippen LogP contribution in [-0.2, 0) is 11.2 Å². The van der Waals surface area contributed by atoms with Gasteiger partial charge in [0.1, 0.15) is 5.75 Å². The van der Waals surface area contributed by atoms with Crippen LogP contribution in [0.4, 0.5) is 11.4 Å². The Bertz CT molecular complexity index is 830. The Morgan fingerprint density at radius 1 is 1.00 bits per heavy atom. The minimum atomic E-state index is 0.137. The molecule has 2 aliphatic heterocycles. The van der Waals surface area contributed by atoms with Gasteiger partial charge in [-0.25, -0.2) is 0 Å². The van der Waals surface area contributed by atoms with Gasteiger partial charge in [0.05, 0.1) is 19.3 Å². The van der Waals surface area contributed by atoms with E-state index in [0.717, 1.165) is 56.8 Å². The third-order valence-corrected chi connectivity index (χ3v) is 6.08. The van der Waals surface area contributed by atoms with Crippen LogP contribution in [0.3, 0.4) is 0 Å². The smallest absolute Gasteiger partial charge is 0.239 e. The van der Waals surface area contributed by atoms with Gasteiger partial charge in [0.25, 0.3) is 0 Å². The molecule has 2 heterocycles. The van der Waals surface area contributed by atoms with E-state index in [1.807, 2.05) is 18.2 Å². The number of methoxy groups -OCH3 is 1. The maximum Gasteiger partial charge on any atom is 0.239 e. The lowest BCUT2D eigenvalue weighted by Crippen LogP contribution is -2.47. The minimum absolute atomic E-state index is 0.137. The van der Waals surface area contributed by atoms with Gasteiger partial charge in [0.15, 0.2) is 0 Å². The lowest BCUT2D eigenvalue weighted by atomic mass is 10.0. The summed E-state index contributed by atoms with van der Waals surface area (Å²) in [6.45, 7) is 3.26. The van der Waals surface area contributed by atoms with Crippen LogP contribution in [0.15, 0.2) is 48.5 Å². The summed E-state index contributed by atoms with van der Waals surface area (Å²) in [7, 11) is 1.72. The van der Waals surface area contributed by atoms with E-state index < -0.39 is 0 Å². The molecule has 2 aliphatic rings. The molecule has 1 saturated heterocycles. The van der Waals surface area contributed by atoms with E-state index in [1.54, 1.807) is 7.11 Å². The molecule has 0 spiro atoms. The van der Waals surface area contributed by atoms with E-state index in [-0.39, 0.29) is 11.9 Å². The molecule has 0 aliphatic carbocycles. The summed E-state index contributed by atoms with van der Waals surface area (Å²) >= 11 is 0. The topological polar surface area (TPSA) is 44.8 Å². The van der Waals surface area contributed by atoms with E-state index in [0.29, 0.717) is 6.54 Å². The van der Waals surface area contributed by atoms with Crippen molar-refractivity contribution in [1.29, 1.82) is 0 Å². The summed E-state index contributed by atoms with van der Waals surface area (Å²) in [5.41, 5.74) is 3.73. The van der Waals surface area contributed by atoms with Crippen molar-refractivity contribution in [3.8, 4) is 5.75 Å². The van der Waals surface area contributed by atoms with Gasteiger partial charge >= 0.3 is 0 Å². The second-order valence-corrected chi connectivity index (χ2v) is 8.01. The predicted octanol–water partition coefficient (Wildman–Crippen LogP) is 3.62. The number of hydrogen-bond donors (Lipinski definition) is 1. The average molecular weight is 394 g/mol. The van der Waals surface area contributed by atoms with Crippen LogP contribution in [0.2, 0.25) is 0 Å². The molecule has 2 aromatic rings. The fourth-order valence-corrected chi connectivity index (χ4v) is 4.54. The normalized spacial score (nSPS) is 17.4. The molecule has 0 unspecified atom stereocenters. The monoisotopic (exact) mass is 393 g/mol. The summed E-state index contributed by atoms with van der Waals surface area (Å²) in [6.07, 6.45) is 5.35. The predicted molar refractivity (Wildman–Crippen MR) is 118 cm³/mol. The molecule has 1 fully saturated rings. The Morgan fingerprint density at radius 2 is 1.72 bits per heavy atom. The number of nitrogens with zero attached hydrogens (tertiary/aromatic N) is 2. The number of hydrogen-bond acceptors (Lipinski definition) is 4. The SMILES string of the molecule is COc1ccccc1N1CCC(NC(=O)CN2CCCCc3ccccc32)CC1. The number of carbonyl (C=O) groups excluding carboxylic acids is 1. The molecular weight excluding hydrogens is 362 g/mol. The second kappa shape index (κ2) is 9.21. The fraction of sp³-hybridized carbons (Fsp3) is 0.458. The Labute approximate surface area is 173 Å². The van der Waals surface area contributed by atoms with Gasteiger partial charge in [-0.1, -0.05) is 30.3 Å². The molecule has 0 atom stereocenters. The number of amides is 1. The van der Waals surface area contributed by atoms with Gasteiger partial charge in [-0.15, -0.1) is 0 Å². The quantitative estimate of drug-likeness (QED) is 0.843. The van der Waals surface area contributed by atoms with Crippen LogP contribution in [0.1, 0.15) is 31.2 Å². The van der Waals surface area contributed by atoms with Crippen molar-refractivity contribution in [1.82, 2.24) is 5.32 Å². The Balaban J connectivity index is 1.31. The number of nitrogens with one attached hydrogen (secondary N) is 1. The average Bonchev–Trinajstić information content (AvgIpc) is 2.96. The van der Waals surface area contributed by atoms with E-state index in [2.05, 4.69) is 45.4 Å². The number of rotatable bonds is 5. The van der Waals surface area contributed by atoms with Gasteiger partial charge in [-0.05, 0) is 55.9 Å². The molecule has 29 heavy (non-hydrogen) atoms. The van der Waals surface area contributed by atoms with E-state index in [4.69, 9.17) is 4.74 Å². The Kier molecular flexibility index (Phi) is 6.23. The molecule has 5 heteroatoms.